The molecule has 3 heterocycles. The molecule has 0 aliphatic carbocycles. The maximum Gasteiger partial charge on any atom is 0.338 e. The van der Waals surface area contributed by atoms with Gasteiger partial charge in [0.25, 0.3) is 5.56 Å². The summed E-state index contributed by atoms with van der Waals surface area (Å²) in [7, 11) is 1.59. The Hall–Kier alpha value is -4.37. The van der Waals surface area contributed by atoms with Crippen LogP contribution in [0.2, 0.25) is 0 Å². The second kappa shape index (κ2) is 11.8. The Morgan fingerprint density at radius 3 is 2.42 bits per heavy atom. The lowest BCUT2D eigenvalue weighted by Gasteiger charge is -2.26. The van der Waals surface area contributed by atoms with Gasteiger partial charge in [0.2, 0.25) is 0 Å². The molecule has 0 saturated heterocycles. The van der Waals surface area contributed by atoms with Gasteiger partial charge in [-0.25, -0.2) is 9.79 Å². The normalized spacial score (nSPS) is 15.0. The Balaban J connectivity index is 1.75. The van der Waals surface area contributed by atoms with Crippen molar-refractivity contribution in [2.45, 2.75) is 26.8 Å². The summed E-state index contributed by atoms with van der Waals surface area (Å²) in [5.74, 6) is 1.47. The zero-order valence-corrected chi connectivity index (χ0v) is 23.7. The van der Waals surface area contributed by atoms with Gasteiger partial charge >= 0.3 is 5.97 Å². The molecule has 1 aliphatic rings. The number of carbonyl (C=O) groups excluding carboxylic acids is 1. The van der Waals surface area contributed by atoms with Crippen LogP contribution < -0.4 is 24.5 Å². The summed E-state index contributed by atoms with van der Waals surface area (Å²) in [6.07, 6.45) is 1.73. The highest BCUT2D eigenvalue weighted by atomic mass is 32.1. The Morgan fingerprint density at radius 2 is 1.77 bits per heavy atom. The molecule has 1 atom stereocenters. The van der Waals surface area contributed by atoms with Crippen LogP contribution in [-0.2, 0) is 9.53 Å². The average molecular weight is 558 g/mol. The van der Waals surface area contributed by atoms with Crippen molar-refractivity contribution in [3.63, 3.8) is 0 Å². The second-order valence-corrected chi connectivity index (χ2v) is 10.1. The van der Waals surface area contributed by atoms with Crippen molar-refractivity contribution in [3.05, 3.63) is 109 Å². The summed E-state index contributed by atoms with van der Waals surface area (Å²) in [6, 6.07) is 19.8. The van der Waals surface area contributed by atoms with Gasteiger partial charge in [-0.2, -0.15) is 0 Å². The Morgan fingerprint density at radius 1 is 1.05 bits per heavy atom. The van der Waals surface area contributed by atoms with Crippen molar-refractivity contribution in [3.8, 4) is 5.75 Å². The lowest BCUT2D eigenvalue weighted by molar-refractivity contribution is -0.138. The molecular formula is C31H31N3O5S. The molecular weight excluding hydrogens is 526 g/mol. The number of carbonyl (C=O) groups is 1. The SMILES string of the molecule is CCOC(=O)C1=C(c2ccccc2)N=c2s/c(=C\c3ccc(N(CC)CC)o3)c(=O)n2[C@@H]1c1ccc(OC)cc1. The molecule has 0 unspecified atom stereocenters. The molecule has 2 aromatic carbocycles. The summed E-state index contributed by atoms with van der Waals surface area (Å²) in [5, 5.41) is 0. The molecule has 0 N–H and O–H groups in total. The Labute approximate surface area is 236 Å². The molecule has 0 saturated carbocycles. The Bertz CT molecular complexity index is 1710. The summed E-state index contributed by atoms with van der Waals surface area (Å²) >= 11 is 1.26. The zero-order chi connectivity index (χ0) is 28.2. The number of hydrogen-bond acceptors (Lipinski definition) is 8. The van der Waals surface area contributed by atoms with Crippen LogP contribution in [0.3, 0.4) is 0 Å². The van der Waals surface area contributed by atoms with Crippen LogP contribution in [0.15, 0.2) is 86.5 Å². The van der Waals surface area contributed by atoms with E-state index in [0.717, 1.165) is 30.1 Å². The van der Waals surface area contributed by atoms with Crippen molar-refractivity contribution in [2.24, 2.45) is 4.99 Å². The van der Waals surface area contributed by atoms with E-state index in [1.54, 1.807) is 24.7 Å². The fraction of sp³-hybridized carbons (Fsp3) is 0.258. The summed E-state index contributed by atoms with van der Waals surface area (Å²) in [5.41, 5.74) is 2.02. The van der Waals surface area contributed by atoms with Crippen molar-refractivity contribution >= 4 is 35.0 Å². The maximum absolute atomic E-state index is 14.0. The number of furan rings is 1. The summed E-state index contributed by atoms with van der Waals surface area (Å²) < 4.78 is 18.9. The van der Waals surface area contributed by atoms with E-state index in [4.69, 9.17) is 18.9 Å². The third-order valence-electron chi connectivity index (χ3n) is 6.77. The summed E-state index contributed by atoms with van der Waals surface area (Å²) in [6.45, 7) is 7.70. The molecule has 0 bridgehead atoms. The van der Waals surface area contributed by atoms with Gasteiger partial charge in [-0.15, -0.1) is 0 Å². The number of aromatic nitrogens is 1. The second-order valence-electron chi connectivity index (χ2n) is 9.05. The van der Waals surface area contributed by atoms with E-state index in [-0.39, 0.29) is 12.2 Å². The fourth-order valence-corrected chi connectivity index (χ4v) is 5.78. The van der Waals surface area contributed by atoms with E-state index in [9.17, 15) is 9.59 Å². The molecule has 0 radical (unpaired) electrons. The minimum Gasteiger partial charge on any atom is -0.497 e. The number of ether oxygens (including phenoxy) is 2. The summed E-state index contributed by atoms with van der Waals surface area (Å²) in [4.78, 5) is 35.0. The third-order valence-corrected chi connectivity index (χ3v) is 7.75. The molecule has 40 heavy (non-hydrogen) atoms. The molecule has 8 nitrogen and oxygen atoms in total. The minimum absolute atomic E-state index is 0.192. The number of fused-ring (bicyclic) bond motifs is 1. The van der Waals surface area contributed by atoms with Crippen LogP contribution in [0.5, 0.6) is 5.75 Å². The largest absolute Gasteiger partial charge is 0.497 e. The van der Waals surface area contributed by atoms with Gasteiger partial charge in [0, 0.05) is 30.8 Å². The van der Waals surface area contributed by atoms with Crippen molar-refractivity contribution < 1.29 is 18.7 Å². The van der Waals surface area contributed by atoms with Gasteiger partial charge in [-0.1, -0.05) is 53.8 Å². The first-order chi connectivity index (χ1) is 19.5. The first kappa shape index (κ1) is 27.2. The molecule has 1 aliphatic heterocycles. The molecule has 9 heteroatoms. The number of nitrogens with zero attached hydrogens (tertiary/aromatic N) is 3. The van der Waals surface area contributed by atoms with Crippen molar-refractivity contribution in [1.29, 1.82) is 0 Å². The van der Waals surface area contributed by atoms with Gasteiger partial charge < -0.3 is 18.8 Å². The predicted octanol–water partition coefficient (Wildman–Crippen LogP) is 4.38. The fourth-order valence-electron chi connectivity index (χ4n) is 4.80. The Kier molecular flexibility index (Phi) is 8.02. The van der Waals surface area contributed by atoms with Crippen molar-refractivity contribution in [2.75, 3.05) is 31.7 Å². The maximum atomic E-state index is 14.0. The molecule has 0 amide bonds. The van der Waals surface area contributed by atoms with Crippen molar-refractivity contribution in [1.82, 2.24) is 4.57 Å². The molecule has 5 rings (SSSR count). The average Bonchev–Trinajstić information content (AvgIpc) is 3.57. The van der Waals surface area contributed by atoms with E-state index in [0.29, 0.717) is 32.1 Å². The molecule has 206 valence electrons. The number of rotatable bonds is 9. The lowest BCUT2D eigenvalue weighted by Crippen LogP contribution is -2.40. The van der Waals surface area contributed by atoms with Crippen LogP contribution in [-0.4, -0.2) is 37.3 Å². The molecule has 0 fully saturated rings. The molecule has 0 spiro atoms. The highest BCUT2D eigenvalue weighted by Gasteiger charge is 2.35. The first-order valence-electron chi connectivity index (χ1n) is 13.3. The van der Waals surface area contributed by atoms with E-state index in [1.165, 1.54) is 11.3 Å². The minimum atomic E-state index is -0.749. The number of thiazole rings is 1. The van der Waals surface area contributed by atoms with Crippen LogP contribution in [0.1, 0.15) is 43.7 Å². The van der Waals surface area contributed by atoms with Crippen LogP contribution >= 0.6 is 11.3 Å². The highest BCUT2D eigenvalue weighted by Crippen LogP contribution is 2.35. The third kappa shape index (κ3) is 5.12. The van der Waals surface area contributed by atoms with Gasteiger partial charge in [0.15, 0.2) is 10.7 Å². The van der Waals surface area contributed by atoms with Gasteiger partial charge in [-0.05, 0) is 44.5 Å². The zero-order valence-electron chi connectivity index (χ0n) is 22.9. The van der Waals surface area contributed by atoms with Gasteiger partial charge in [0.05, 0.1) is 35.6 Å². The van der Waals surface area contributed by atoms with E-state index in [1.807, 2.05) is 66.7 Å². The van der Waals surface area contributed by atoms with E-state index >= 15 is 0 Å². The smallest absolute Gasteiger partial charge is 0.338 e. The standard InChI is InChI=1S/C31H31N3O5S/c1-5-33(6-2)25-18-17-23(39-25)19-24-29(35)34-28(21-13-15-22(37-4)16-14-21)26(30(36)38-7-3)27(32-31(34)40-24)20-11-9-8-10-12-20/h8-19,28H,5-7H2,1-4H3/b24-19-/t28-/m1/s1. The van der Waals surface area contributed by atoms with Crippen LogP contribution in [0, 0.1) is 0 Å². The van der Waals surface area contributed by atoms with Gasteiger partial charge in [0.1, 0.15) is 11.5 Å². The number of anilines is 1. The van der Waals surface area contributed by atoms with Crippen LogP contribution in [0.4, 0.5) is 5.88 Å². The first-order valence-corrected chi connectivity index (χ1v) is 14.1. The van der Waals surface area contributed by atoms with Gasteiger partial charge in [-0.3, -0.25) is 9.36 Å². The number of hydrogen-bond donors (Lipinski definition) is 0. The van der Waals surface area contributed by atoms with E-state index in [2.05, 4.69) is 18.7 Å². The molecule has 4 aromatic rings. The quantitative estimate of drug-likeness (QED) is 0.284. The number of benzene rings is 2. The van der Waals surface area contributed by atoms with Crippen LogP contribution in [0.25, 0.3) is 11.8 Å². The highest BCUT2D eigenvalue weighted by molar-refractivity contribution is 7.07. The number of esters is 1. The van der Waals surface area contributed by atoms with E-state index < -0.39 is 12.0 Å². The molecule has 2 aromatic heterocycles. The topological polar surface area (TPSA) is 86.3 Å². The lowest BCUT2D eigenvalue weighted by atomic mass is 9.93. The number of methoxy groups -OCH3 is 1. The monoisotopic (exact) mass is 557 g/mol. The predicted molar refractivity (Wildman–Crippen MR) is 156 cm³/mol.